The zero-order chi connectivity index (χ0) is 12.1. The Morgan fingerprint density at radius 1 is 1.56 bits per heavy atom. The lowest BCUT2D eigenvalue weighted by atomic mass is 10.1. The topological polar surface area (TPSA) is 29.1 Å². The first-order valence-corrected chi connectivity index (χ1v) is 5.65. The summed E-state index contributed by atoms with van der Waals surface area (Å²) in [5, 5.41) is 3.04. The molecule has 1 amide bonds. The average molecular weight is 244 g/mol. The summed E-state index contributed by atoms with van der Waals surface area (Å²) in [6, 6.07) is 3.95. The minimum absolute atomic E-state index is 0.00389. The number of benzene rings is 1. The van der Waals surface area contributed by atoms with E-state index in [2.05, 4.69) is 5.32 Å². The van der Waals surface area contributed by atoms with E-state index in [0.717, 1.165) is 6.42 Å². The van der Waals surface area contributed by atoms with Crippen molar-refractivity contribution < 1.29 is 9.18 Å². The maximum absolute atomic E-state index is 13.3. The Balaban J connectivity index is 2.69. The summed E-state index contributed by atoms with van der Waals surface area (Å²) in [6.45, 7) is 4.60. The molecule has 0 radical (unpaired) electrons. The first-order valence-electron chi connectivity index (χ1n) is 5.27. The lowest BCUT2D eigenvalue weighted by molar-refractivity contribution is 0.0944. The predicted octanol–water partition coefficient (Wildman–Crippen LogP) is 3.26. The number of halogens is 2. The fourth-order valence-electron chi connectivity index (χ4n) is 1.18. The first-order chi connectivity index (χ1) is 7.54. The van der Waals surface area contributed by atoms with Crippen molar-refractivity contribution in [1.82, 2.24) is 5.32 Å². The van der Waals surface area contributed by atoms with Gasteiger partial charge in [-0.3, -0.25) is 4.79 Å². The van der Waals surface area contributed by atoms with Crippen molar-refractivity contribution in [3.8, 4) is 0 Å². The molecule has 88 valence electrons. The number of amides is 1. The van der Waals surface area contributed by atoms with Crippen molar-refractivity contribution in [3.05, 3.63) is 34.6 Å². The highest BCUT2D eigenvalue weighted by molar-refractivity contribution is 6.30. The summed E-state index contributed by atoms with van der Waals surface area (Å²) in [6.07, 6.45) is 0.971. The van der Waals surface area contributed by atoms with Crippen molar-refractivity contribution in [2.45, 2.75) is 20.3 Å². The standard InChI is InChI=1S/C12H15ClFNO/c1-3-8(2)7-15-12(16)10-6-9(13)4-5-11(10)14/h4-6,8H,3,7H2,1-2H3,(H,15,16). The molecule has 1 aromatic rings. The van der Waals surface area contributed by atoms with E-state index in [4.69, 9.17) is 11.6 Å². The molecule has 2 nitrogen and oxygen atoms in total. The van der Waals surface area contributed by atoms with Gasteiger partial charge in [0.25, 0.3) is 5.91 Å². The van der Waals surface area contributed by atoms with Crippen LogP contribution in [-0.4, -0.2) is 12.5 Å². The molecule has 1 atom stereocenters. The Kier molecular flexibility index (Phi) is 4.74. The highest BCUT2D eigenvalue weighted by Gasteiger charge is 2.12. The SMILES string of the molecule is CCC(C)CNC(=O)c1cc(Cl)ccc1F. The van der Waals surface area contributed by atoms with Crippen LogP contribution in [0.15, 0.2) is 18.2 Å². The van der Waals surface area contributed by atoms with Gasteiger partial charge in [0.05, 0.1) is 5.56 Å². The molecule has 0 aliphatic heterocycles. The van der Waals surface area contributed by atoms with E-state index < -0.39 is 11.7 Å². The number of nitrogens with one attached hydrogen (secondary N) is 1. The molecule has 1 aromatic carbocycles. The molecule has 0 fully saturated rings. The number of carbonyl (C=O) groups excluding carboxylic acids is 1. The lowest BCUT2D eigenvalue weighted by Gasteiger charge is -2.10. The molecule has 1 unspecified atom stereocenters. The molecular weight excluding hydrogens is 229 g/mol. The van der Waals surface area contributed by atoms with Crippen LogP contribution in [0.2, 0.25) is 5.02 Å². The molecule has 1 rings (SSSR count). The molecule has 0 spiro atoms. The third kappa shape index (κ3) is 3.49. The lowest BCUT2D eigenvalue weighted by Crippen LogP contribution is -2.28. The van der Waals surface area contributed by atoms with Gasteiger partial charge >= 0.3 is 0 Å². The maximum Gasteiger partial charge on any atom is 0.254 e. The Morgan fingerprint density at radius 2 is 2.25 bits per heavy atom. The van der Waals surface area contributed by atoms with Gasteiger partial charge < -0.3 is 5.32 Å². The summed E-state index contributed by atoms with van der Waals surface area (Å²) >= 11 is 5.70. The van der Waals surface area contributed by atoms with E-state index in [-0.39, 0.29) is 5.56 Å². The Labute approximate surface area is 99.8 Å². The normalized spacial score (nSPS) is 12.2. The van der Waals surface area contributed by atoms with Gasteiger partial charge in [0, 0.05) is 11.6 Å². The summed E-state index contributed by atoms with van der Waals surface area (Å²) in [5.41, 5.74) is -0.00389. The largest absolute Gasteiger partial charge is 0.352 e. The van der Waals surface area contributed by atoms with Crippen LogP contribution in [0, 0.1) is 11.7 Å². The van der Waals surface area contributed by atoms with Crippen molar-refractivity contribution in [3.63, 3.8) is 0 Å². The third-order valence-electron chi connectivity index (χ3n) is 2.48. The van der Waals surface area contributed by atoms with Crippen molar-refractivity contribution in [2.75, 3.05) is 6.54 Å². The van der Waals surface area contributed by atoms with Crippen molar-refractivity contribution in [2.24, 2.45) is 5.92 Å². The van der Waals surface area contributed by atoms with E-state index >= 15 is 0 Å². The van der Waals surface area contributed by atoms with Gasteiger partial charge in [-0.1, -0.05) is 31.9 Å². The highest BCUT2D eigenvalue weighted by Crippen LogP contribution is 2.14. The predicted molar refractivity (Wildman–Crippen MR) is 63.2 cm³/mol. The number of hydrogen-bond donors (Lipinski definition) is 1. The van der Waals surface area contributed by atoms with Gasteiger partial charge in [-0.25, -0.2) is 4.39 Å². The van der Waals surface area contributed by atoms with E-state index in [0.29, 0.717) is 17.5 Å². The Bertz CT molecular complexity index is 381. The van der Waals surface area contributed by atoms with Crippen LogP contribution in [0.3, 0.4) is 0 Å². The van der Waals surface area contributed by atoms with Crippen LogP contribution in [0.5, 0.6) is 0 Å². The molecular formula is C12H15ClFNO. The molecule has 4 heteroatoms. The summed E-state index contributed by atoms with van der Waals surface area (Å²) in [7, 11) is 0. The summed E-state index contributed by atoms with van der Waals surface area (Å²) < 4.78 is 13.3. The smallest absolute Gasteiger partial charge is 0.254 e. The van der Waals surface area contributed by atoms with E-state index in [1.807, 2.05) is 13.8 Å². The number of rotatable bonds is 4. The second-order valence-electron chi connectivity index (χ2n) is 3.85. The minimum Gasteiger partial charge on any atom is -0.352 e. The fourth-order valence-corrected chi connectivity index (χ4v) is 1.35. The summed E-state index contributed by atoms with van der Waals surface area (Å²) in [4.78, 5) is 11.6. The van der Waals surface area contributed by atoms with Gasteiger partial charge in [-0.05, 0) is 24.1 Å². The van der Waals surface area contributed by atoms with Crippen LogP contribution in [-0.2, 0) is 0 Å². The van der Waals surface area contributed by atoms with Crippen LogP contribution in [0.1, 0.15) is 30.6 Å². The van der Waals surface area contributed by atoms with Crippen LogP contribution >= 0.6 is 11.6 Å². The van der Waals surface area contributed by atoms with Crippen molar-refractivity contribution in [1.29, 1.82) is 0 Å². The quantitative estimate of drug-likeness (QED) is 0.864. The van der Waals surface area contributed by atoms with Gasteiger partial charge in [0.1, 0.15) is 5.82 Å². The Morgan fingerprint density at radius 3 is 2.88 bits per heavy atom. The maximum atomic E-state index is 13.3. The van der Waals surface area contributed by atoms with Gasteiger partial charge in [0.2, 0.25) is 0 Å². The molecule has 0 bridgehead atoms. The second kappa shape index (κ2) is 5.85. The molecule has 0 aliphatic rings. The van der Waals surface area contributed by atoms with Crippen molar-refractivity contribution >= 4 is 17.5 Å². The Hall–Kier alpha value is -1.09. The zero-order valence-electron chi connectivity index (χ0n) is 9.39. The molecule has 0 saturated heterocycles. The van der Waals surface area contributed by atoms with Gasteiger partial charge in [0.15, 0.2) is 0 Å². The minimum atomic E-state index is -0.550. The molecule has 0 aromatic heterocycles. The molecule has 0 heterocycles. The highest BCUT2D eigenvalue weighted by atomic mass is 35.5. The zero-order valence-corrected chi connectivity index (χ0v) is 10.1. The third-order valence-corrected chi connectivity index (χ3v) is 2.72. The van der Waals surface area contributed by atoms with Crippen LogP contribution < -0.4 is 5.32 Å². The van der Waals surface area contributed by atoms with Gasteiger partial charge in [-0.15, -0.1) is 0 Å². The average Bonchev–Trinajstić information content (AvgIpc) is 2.28. The van der Waals surface area contributed by atoms with E-state index in [1.54, 1.807) is 0 Å². The monoisotopic (exact) mass is 243 g/mol. The molecule has 16 heavy (non-hydrogen) atoms. The fraction of sp³-hybridized carbons (Fsp3) is 0.417. The van der Waals surface area contributed by atoms with E-state index in [1.165, 1.54) is 18.2 Å². The molecule has 0 aliphatic carbocycles. The first kappa shape index (κ1) is 13.0. The summed E-state index contributed by atoms with van der Waals surface area (Å²) in [5.74, 6) is -0.586. The van der Waals surface area contributed by atoms with Gasteiger partial charge in [-0.2, -0.15) is 0 Å². The van der Waals surface area contributed by atoms with E-state index in [9.17, 15) is 9.18 Å². The number of carbonyl (C=O) groups is 1. The molecule has 0 saturated carbocycles. The van der Waals surface area contributed by atoms with Crippen LogP contribution in [0.4, 0.5) is 4.39 Å². The number of hydrogen-bond acceptors (Lipinski definition) is 1. The second-order valence-corrected chi connectivity index (χ2v) is 4.28. The molecule has 1 N–H and O–H groups in total. The van der Waals surface area contributed by atoms with Crippen LogP contribution in [0.25, 0.3) is 0 Å².